The van der Waals surface area contributed by atoms with Crippen molar-refractivity contribution in [2.45, 2.75) is 19.4 Å². The zero-order valence-corrected chi connectivity index (χ0v) is 6.79. The Balaban J connectivity index is 1.92. The summed E-state index contributed by atoms with van der Waals surface area (Å²) in [7, 11) is 0. The molecule has 3 heteroatoms. The van der Waals surface area contributed by atoms with E-state index in [4.69, 9.17) is 5.73 Å². The number of likely N-dealkylation sites (tertiary alicyclic amines) is 1. The molecule has 1 aliphatic carbocycles. The molecule has 0 aromatic rings. The minimum atomic E-state index is -0.313. The second-order valence-electron chi connectivity index (χ2n) is 3.79. The number of rotatable bonds is 1. The van der Waals surface area contributed by atoms with E-state index in [0.29, 0.717) is 0 Å². The molecule has 0 radical (unpaired) electrons. The zero-order chi connectivity index (χ0) is 8.01. The van der Waals surface area contributed by atoms with Crippen LogP contribution >= 0.6 is 0 Å². The van der Waals surface area contributed by atoms with Gasteiger partial charge < -0.3 is 10.6 Å². The normalized spacial score (nSPS) is 36.7. The first-order valence-corrected chi connectivity index (χ1v) is 4.23. The Morgan fingerprint density at radius 2 is 2.09 bits per heavy atom. The highest BCUT2D eigenvalue weighted by atomic mass is 16.2. The van der Waals surface area contributed by atoms with Crippen LogP contribution in [-0.2, 0) is 4.79 Å². The quantitative estimate of drug-likeness (QED) is 0.569. The largest absolute Gasteiger partial charge is 0.341 e. The van der Waals surface area contributed by atoms with Crippen molar-refractivity contribution in [1.29, 1.82) is 0 Å². The van der Waals surface area contributed by atoms with E-state index in [0.717, 1.165) is 24.9 Å². The number of fused-ring (bicyclic) bond motifs is 1. The van der Waals surface area contributed by atoms with Crippen LogP contribution in [0.2, 0.25) is 0 Å². The number of hydrogen-bond acceptors (Lipinski definition) is 2. The highest BCUT2D eigenvalue weighted by Crippen LogP contribution is 2.44. The Kier molecular flexibility index (Phi) is 1.42. The smallest absolute Gasteiger partial charge is 0.239 e. The van der Waals surface area contributed by atoms with Crippen molar-refractivity contribution >= 4 is 5.91 Å². The fourth-order valence-corrected chi connectivity index (χ4v) is 1.87. The molecule has 1 saturated heterocycles. The van der Waals surface area contributed by atoms with Crippen LogP contribution in [0.3, 0.4) is 0 Å². The SMILES string of the molecule is C[C@@H](N)C(=O)N1CC2CC2C1. The summed E-state index contributed by atoms with van der Waals surface area (Å²) in [5, 5.41) is 0. The fourth-order valence-electron chi connectivity index (χ4n) is 1.87. The van der Waals surface area contributed by atoms with E-state index in [9.17, 15) is 4.79 Å². The summed E-state index contributed by atoms with van der Waals surface area (Å²) in [5.74, 6) is 1.76. The van der Waals surface area contributed by atoms with Crippen molar-refractivity contribution in [3.63, 3.8) is 0 Å². The third kappa shape index (κ3) is 1.13. The molecule has 0 aromatic carbocycles. The number of amides is 1. The molecule has 1 heterocycles. The van der Waals surface area contributed by atoms with Gasteiger partial charge in [0.2, 0.25) is 5.91 Å². The summed E-state index contributed by atoms with van der Waals surface area (Å²) in [5.41, 5.74) is 5.48. The number of carbonyl (C=O) groups excluding carboxylic acids is 1. The third-order valence-electron chi connectivity index (χ3n) is 2.68. The summed E-state index contributed by atoms with van der Waals surface area (Å²) >= 11 is 0. The van der Waals surface area contributed by atoms with Gasteiger partial charge in [-0.1, -0.05) is 0 Å². The van der Waals surface area contributed by atoms with E-state index < -0.39 is 0 Å². The van der Waals surface area contributed by atoms with Gasteiger partial charge in [-0.2, -0.15) is 0 Å². The van der Waals surface area contributed by atoms with E-state index in [-0.39, 0.29) is 11.9 Å². The van der Waals surface area contributed by atoms with Crippen molar-refractivity contribution in [1.82, 2.24) is 4.90 Å². The van der Waals surface area contributed by atoms with E-state index in [1.807, 2.05) is 4.90 Å². The van der Waals surface area contributed by atoms with Crippen LogP contribution in [0.25, 0.3) is 0 Å². The predicted molar refractivity (Wildman–Crippen MR) is 41.8 cm³/mol. The predicted octanol–water partition coefficient (Wildman–Crippen LogP) is -0.188. The lowest BCUT2D eigenvalue weighted by Crippen LogP contribution is -2.41. The summed E-state index contributed by atoms with van der Waals surface area (Å²) in [6, 6.07) is -0.313. The molecule has 3 atom stereocenters. The van der Waals surface area contributed by atoms with Gasteiger partial charge in [0.1, 0.15) is 0 Å². The van der Waals surface area contributed by atoms with Gasteiger partial charge in [0.05, 0.1) is 6.04 Å². The molecule has 1 aliphatic heterocycles. The summed E-state index contributed by atoms with van der Waals surface area (Å²) in [4.78, 5) is 13.2. The van der Waals surface area contributed by atoms with E-state index in [1.54, 1.807) is 6.92 Å². The maximum atomic E-state index is 11.3. The molecular weight excluding hydrogens is 140 g/mol. The molecule has 3 nitrogen and oxygen atoms in total. The van der Waals surface area contributed by atoms with Crippen molar-refractivity contribution in [2.75, 3.05) is 13.1 Å². The molecule has 0 bridgehead atoms. The van der Waals surface area contributed by atoms with Crippen molar-refractivity contribution in [2.24, 2.45) is 17.6 Å². The van der Waals surface area contributed by atoms with Gasteiger partial charge in [0, 0.05) is 13.1 Å². The van der Waals surface area contributed by atoms with Crippen LogP contribution < -0.4 is 5.73 Å². The van der Waals surface area contributed by atoms with Crippen molar-refractivity contribution in [3.8, 4) is 0 Å². The minimum absolute atomic E-state index is 0.122. The molecule has 1 saturated carbocycles. The average molecular weight is 154 g/mol. The Labute approximate surface area is 66.5 Å². The minimum Gasteiger partial charge on any atom is -0.341 e. The maximum absolute atomic E-state index is 11.3. The average Bonchev–Trinajstić information content (AvgIpc) is 2.57. The standard InChI is InChI=1S/C8H14N2O/c1-5(9)8(11)10-3-6-2-7(6)4-10/h5-7H,2-4,9H2,1H3/t5-,6?,7?/m1/s1. The Bertz CT molecular complexity index is 181. The van der Waals surface area contributed by atoms with Gasteiger partial charge in [-0.05, 0) is 25.2 Å². The number of carbonyl (C=O) groups is 1. The topological polar surface area (TPSA) is 46.3 Å². The highest BCUT2D eigenvalue weighted by Gasteiger charge is 2.46. The first-order chi connectivity index (χ1) is 5.18. The van der Waals surface area contributed by atoms with Crippen molar-refractivity contribution in [3.05, 3.63) is 0 Å². The molecular formula is C8H14N2O. The molecule has 2 aliphatic rings. The lowest BCUT2D eigenvalue weighted by atomic mass is 10.3. The van der Waals surface area contributed by atoms with Gasteiger partial charge in [0.15, 0.2) is 0 Å². The Morgan fingerprint density at radius 1 is 1.55 bits per heavy atom. The van der Waals surface area contributed by atoms with Gasteiger partial charge >= 0.3 is 0 Å². The van der Waals surface area contributed by atoms with Crippen LogP contribution in [-0.4, -0.2) is 29.9 Å². The summed E-state index contributed by atoms with van der Waals surface area (Å²) in [6.07, 6.45) is 1.34. The summed E-state index contributed by atoms with van der Waals surface area (Å²) in [6.45, 7) is 3.68. The van der Waals surface area contributed by atoms with E-state index in [2.05, 4.69) is 0 Å². The Hall–Kier alpha value is -0.570. The number of nitrogens with two attached hydrogens (primary N) is 1. The Morgan fingerprint density at radius 3 is 2.55 bits per heavy atom. The highest BCUT2D eigenvalue weighted by molar-refractivity contribution is 5.81. The lowest BCUT2D eigenvalue weighted by molar-refractivity contribution is -0.131. The second kappa shape index (κ2) is 2.21. The first-order valence-electron chi connectivity index (χ1n) is 4.23. The van der Waals surface area contributed by atoms with Crippen LogP contribution in [0.15, 0.2) is 0 Å². The molecule has 11 heavy (non-hydrogen) atoms. The molecule has 62 valence electrons. The molecule has 1 amide bonds. The van der Waals surface area contributed by atoms with Gasteiger partial charge in [-0.25, -0.2) is 0 Å². The molecule has 0 aromatic heterocycles. The maximum Gasteiger partial charge on any atom is 0.239 e. The monoisotopic (exact) mass is 154 g/mol. The van der Waals surface area contributed by atoms with Gasteiger partial charge in [0.25, 0.3) is 0 Å². The van der Waals surface area contributed by atoms with Crippen LogP contribution in [0, 0.1) is 11.8 Å². The fraction of sp³-hybridized carbons (Fsp3) is 0.875. The molecule has 2 fully saturated rings. The van der Waals surface area contributed by atoms with E-state index >= 15 is 0 Å². The molecule has 0 spiro atoms. The van der Waals surface area contributed by atoms with Crippen LogP contribution in [0.1, 0.15) is 13.3 Å². The zero-order valence-electron chi connectivity index (χ0n) is 6.79. The lowest BCUT2D eigenvalue weighted by Gasteiger charge is -2.19. The summed E-state index contributed by atoms with van der Waals surface area (Å²) < 4.78 is 0. The number of piperidine rings is 1. The van der Waals surface area contributed by atoms with Gasteiger partial charge in [-0.15, -0.1) is 0 Å². The van der Waals surface area contributed by atoms with Crippen LogP contribution in [0.4, 0.5) is 0 Å². The second-order valence-corrected chi connectivity index (χ2v) is 3.79. The van der Waals surface area contributed by atoms with Gasteiger partial charge in [-0.3, -0.25) is 4.79 Å². The van der Waals surface area contributed by atoms with Crippen LogP contribution in [0.5, 0.6) is 0 Å². The third-order valence-corrected chi connectivity index (χ3v) is 2.68. The number of hydrogen-bond donors (Lipinski definition) is 1. The molecule has 2 rings (SSSR count). The van der Waals surface area contributed by atoms with Crippen molar-refractivity contribution < 1.29 is 4.79 Å². The molecule has 2 unspecified atom stereocenters. The molecule has 2 N–H and O–H groups in total. The first kappa shape index (κ1) is 7.10. The van der Waals surface area contributed by atoms with E-state index in [1.165, 1.54) is 6.42 Å². The number of nitrogens with zero attached hydrogens (tertiary/aromatic N) is 1.